The highest BCUT2D eigenvalue weighted by molar-refractivity contribution is 5.85. The Bertz CT molecular complexity index is 1240. The van der Waals surface area contributed by atoms with Crippen LogP contribution in [0.25, 0.3) is 11.5 Å². The van der Waals surface area contributed by atoms with E-state index in [1.165, 1.54) is 12.8 Å². The summed E-state index contributed by atoms with van der Waals surface area (Å²) in [6, 6.07) is 16.2. The van der Waals surface area contributed by atoms with Crippen LogP contribution in [0.3, 0.4) is 0 Å². The van der Waals surface area contributed by atoms with Crippen LogP contribution in [0.1, 0.15) is 49.6 Å². The molecule has 2 heterocycles. The summed E-state index contributed by atoms with van der Waals surface area (Å²) in [4.78, 5) is 14.2. The first-order valence-electron chi connectivity index (χ1n) is 12.6. The van der Waals surface area contributed by atoms with Gasteiger partial charge in [0.15, 0.2) is 34.7 Å². The van der Waals surface area contributed by atoms with Crippen molar-refractivity contribution in [2.45, 2.75) is 58.5 Å². The summed E-state index contributed by atoms with van der Waals surface area (Å²) in [5, 5.41) is 3.30. The Morgan fingerprint density at radius 3 is 2.54 bits per heavy atom. The number of nitrogens with zero attached hydrogens (tertiary/aromatic N) is 4. The smallest absolute Gasteiger partial charge is 0.166 e. The van der Waals surface area contributed by atoms with E-state index in [-0.39, 0.29) is 18.5 Å². The molecule has 5 rings (SSSR count). The molecule has 8 nitrogen and oxygen atoms in total. The number of rotatable bonds is 11. The highest BCUT2D eigenvalue weighted by Crippen LogP contribution is 2.33. The lowest BCUT2D eigenvalue weighted by Gasteiger charge is -2.18. The van der Waals surface area contributed by atoms with E-state index in [1.807, 2.05) is 54.2 Å². The molecule has 37 heavy (non-hydrogen) atoms. The van der Waals surface area contributed by atoms with Crippen LogP contribution in [0, 0.1) is 0 Å². The number of anilines is 1. The Labute approximate surface area is 224 Å². The lowest BCUT2D eigenvalue weighted by molar-refractivity contribution is 0.102. The van der Waals surface area contributed by atoms with Crippen molar-refractivity contribution in [2.75, 3.05) is 19.0 Å². The van der Waals surface area contributed by atoms with Crippen molar-refractivity contribution in [1.29, 1.82) is 0 Å². The molecule has 0 atom stereocenters. The summed E-state index contributed by atoms with van der Waals surface area (Å²) in [5.74, 6) is 3.69. The third kappa shape index (κ3) is 6.50. The molecule has 0 unspecified atom stereocenters. The number of hydrogen-bond acceptors (Lipinski definition) is 7. The highest BCUT2D eigenvalue weighted by atomic mass is 35.5. The fourth-order valence-electron chi connectivity index (χ4n) is 4.59. The van der Waals surface area contributed by atoms with Crippen LogP contribution in [0.5, 0.6) is 11.5 Å². The third-order valence-corrected chi connectivity index (χ3v) is 6.37. The van der Waals surface area contributed by atoms with Crippen LogP contribution < -0.4 is 14.8 Å². The number of benzene rings is 2. The number of fused-ring (bicyclic) bond motifs is 1. The molecule has 0 spiro atoms. The van der Waals surface area contributed by atoms with E-state index in [0.717, 1.165) is 59.3 Å². The maximum atomic E-state index is 6.29. The molecule has 3 aliphatic rings. The van der Waals surface area contributed by atoms with Gasteiger partial charge in [-0.2, -0.15) is 0 Å². The van der Waals surface area contributed by atoms with Crippen LogP contribution in [-0.4, -0.2) is 39.3 Å². The summed E-state index contributed by atoms with van der Waals surface area (Å²) >= 11 is 0. The number of imidazole rings is 1. The van der Waals surface area contributed by atoms with Crippen LogP contribution in [0.4, 0.5) is 5.82 Å². The monoisotopic (exact) mass is 523 g/mol. The van der Waals surface area contributed by atoms with Crippen LogP contribution >= 0.6 is 12.4 Å². The summed E-state index contributed by atoms with van der Waals surface area (Å²) in [5.41, 5.74) is 2.94. The Morgan fingerprint density at radius 1 is 0.973 bits per heavy atom. The molecule has 0 amide bonds. The van der Waals surface area contributed by atoms with Crippen molar-refractivity contribution >= 4 is 18.2 Å². The van der Waals surface area contributed by atoms with Gasteiger partial charge in [0.2, 0.25) is 0 Å². The summed E-state index contributed by atoms with van der Waals surface area (Å²) in [6.07, 6.45) is 6.70. The van der Waals surface area contributed by atoms with Crippen LogP contribution in [-0.2, 0) is 24.5 Å². The first-order chi connectivity index (χ1) is 17.7. The Kier molecular flexibility index (Phi) is 9.19. The predicted octanol–water partition coefficient (Wildman–Crippen LogP) is 5.73. The largest absolute Gasteiger partial charge is 0.493 e. The van der Waals surface area contributed by atoms with Crippen LogP contribution in [0.2, 0.25) is 0 Å². The normalized spacial score (nSPS) is 13.5. The minimum Gasteiger partial charge on any atom is -0.493 e. The van der Waals surface area contributed by atoms with Crippen molar-refractivity contribution in [3.8, 4) is 23.0 Å². The second-order valence-corrected chi connectivity index (χ2v) is 9.05. The maximum Gasteiger partial charge on any atom is 0.166 e. The molecule has 1 N–H and O–H groups in total. The van der Waals surface area contributed by atoms with Crippen molar-refractivity contribution in [2.24, 2.45) is 0 Å². The molecule has 0 saturated heterocycles. The van der Waals surface area contributed by atoms with Gasteiger partial charge < -0.3 is 24.1 Å². The summed E-state index contributed by atoms with van der Waals surface area (Å²) in [7, 11) is 1.68. The molecular weight excluding hydrogens is 490 g/mol. The zero-order chi connectivity index (χ0) is 24.7. The van der Waals surface area contributed by atoms with Crippen molar-refractivity contribution in [1.82, 2.24) is 19.5 Å². The van der Waals surface area contributed by atoms with E-state index < -0.39 is 0 Å². The highest BCUT2D eigenvalue weighted by Gasteiger charge is 2.22. The van der Waals surface area contributed by atoms with E-state index in [9.17, 15) is 0 Å². The van der Waals surface area contributed by atoms with E-state index in [0.29, 0.717) is 25.6 Å². The molecule has 9 heteroatoms. The number of nitrogens with one attached hydrogen (secondary N) is 1. The van der Waals surface area contributed by atoms with Gasteiger partial charge in [-0.25, -0.2) is 15.0 Å². The van der Waals surface area contributed by atoms with Gasteiger partial charge in [-0.1, -0.05) is 36.4 Å². The zero-order valence-electron chi connectivity index (χ0n) is 21.4. The number of methoxy groups -OCH3 is 1. The topological polar surface area (TPSA) is 83.3 Å². The summed E-state index contributed by atoms with van der Waals surface area (Å²) in [6.45, 7) is 4.22. The van der Waals surface area contributed by atoms with Gasteiger partial charge in [0.1, 0.15) is 6.61 Å². The van der Waals surface area contributed by atoms with E-state index >= 15 is 0 Å². The molecule has 2 aromatic rings. The van der Waals surface area contributed by atoms with Gasteiger partial charge in [0, 0.05) is 6.54 Å². The molecule has 0 radical (unpaired) electrons. The molecule has 1 fully saturated rings. The average Bonchev–Trinajstić information content (AvgIpc) is 3.57. The second kappa shape index (κ2) is 12.7. The zero-order valence-corrected chi connectivity index (χ0v) is 22.2. The van der Waals surface area contributed by atoms with Gasteiger partial charge in [0.05, 0.1) is 32.7 Å². The molecule has 1 saturated carbocycles. The predicted molar refractivity (Wildman–Crippen MR) is 146 cm³/mol. The Hall–Kier alpha value is -3.36. The quantitative estimate of drug-likeness (QED) is 0.269. The van der Waals surface area contributed by atoms with Gasteiger partial charge in [-0.15, -0.1) is 12.4 Å². The molecule has 1 aliphatic carbocycles. The van der Waals surface area contributed by atoms with Crippen molar-refractivity contribution < 1.29 is 14.2 Å². The first kappa shape index (κ1) is 26.7. The Morgan fingerprint density at radius 2 is 1.78 bits per heavy atom. The molecule has 0 bridgehead atoms. The average molecular weight is 524 g/mol. The maximum absolute atomic E-state index is 6.29. The lowest BCUT2D eigenvalue weighted by Crippen LogP contribution is -2.13. The van der Waals surface area contributed by atoms with E-state index in [4.69, 9.17) is 24.2 Å². The van der Waals surface area contributed by atoms with Crippen molar-refractivity contribution in [3.05, 3.63) is 71.8 Å². The first-order valence-corrected chi connectivity index (χ1v) is 12.6. The molecular formula is C28H34ClN5O3. The van der Waals surface area contributed by atoms with E-state index in [1.54, 1.807) is 7.11 Å². The number of ether oxygens (including phenoxy) is 3. The van der Waals surface area contributed by atoms with Gasteiger partial charge >= 0.3 is 0 Å². The number of aromatic nitrogens is 4. The minimum absolute atomic E-state index is 0. The van der Waals surface area contributed by atoms with Gasteiger partial charge in [-0.3, -0.25) is 0 Å². The SMILES string of the molecule is CCNc1ncn(Cc2ccc(OC)c(OC3CCCC3)c2)c2nc(COCc3ccccc3)nc1-2.Cl. The Balaban J connectivity index is 0.00000320. The molecule has 2 aromatic carbocycles. The molecule has 196 valence electrons. The number of halogens is 1. The van der Waals surface area contributed by atoms with Gasteiger partial charge in [-0.05, 0) is 55.9 Å². The lowest BCUT2D eigenvalue weighted by atomic mass is 10.2. The standard InChI is InChI=1S/C28H33N5O3.ClH/c1-3-29-27-26-28(32-25(31-26)18-35-17-20-9-5-4-6-10-20)33(19-30-27)16-21-13-14-23(34-2)24(15-21)36-22-11-7-8-12-22;/h4-6,9-10,13-15,19,22,29H,3,7-8,11-12,16-18H2,1-2H3;1H. The minimum atomic E-state index is 0. The third-order valence-electron chi connectivity index (χ3n) is 6.37. The molecule has 0 aromatic heterocycles. The second-order valence-electron chi connectivity index (χ2n) is 9.05. The fourth-order valence-corrected chi connectivity index (χ4v) is 4.59. The van der Waals surface area contributed by atoms with Crippen molar-refractivity contribution in [3.63, 3.8) is 0 Å². The van der Waals surface area contributed by atoms with Gasteiger partial charge in [0.25, 0.3) is 0 Å². The van der Waals surface area contributed by atoms with Crippen LogP contribution in [0.15, 0.2) is 54.9 Å². The molecule has 2 aliphatic heterocycles. The number of hydrogen-bond donors (Lipinski definition) is 1. The fraction of sp³-hybridized carbons (Fsp3) is 0.393. The van der Waals surface area contributed by atoms with E-state index in [2.05, 4.69) is 22.4 Å². The summed E-state index contributed by atoms with van der Waals surface area (Å²) < 4.78 is 19.8.